The SMILES string of the molecule is CC/C=C\C/C=C\C/C=C\CCCCCCCCCC(=O)OCC(COP(=O)(O)OCC(CO)OC(=O)CCCCCCCCCCCCC)OC(=O)CCCCCCCCCCCCC. The second-order valence-electron chi connectivity index (χ2n) is 18.0. The van der Waals surface area contributed by atoms with E-state index in [4.69, 9.17) is 23.3 Å². The van der Waals surface area contributed by atoms with E-state index in [-0.39, 0.29) is 25.9 Å². The molecule has 0 aromatic carbocycles. The Morgan fingerprint density at radius 1 is 0.439 bits per heavy atom. The Labute approximate surface area is 403 Å². The number of phosphoric acid groups is 1. The first-order chi connectivity index (χ1) is 32.2. The van der Waals surface area contributed by atoms with Crippen LogP contribution in [0.25, 0.3) is 0 Å². The highest BCUT2D eigenvalue weighted by Gasteiger charge is 2.28. The Bertz CT molecular complexity index is 1250. The lowest BCUT2D eigenvalue weighted by atomic mass is 10.1. The van der Waals surface area contributed by atoms with Gasteiger partial charge in [0, 0.05) is 19.3 Å². The first kappa shape index (κ1) is 63.7. The number of carbonyl (C=O) groups is 3. The lowest BCUT2D eigenvalue weighted by molar-refractivity contribution is -0.161. The van der Waals surface area contributed by atoms with Crippen LogP contribution in [0.4, 0.5) is 0 Å². The minimum absolute atomic E-state index is 0.170. The maximum absolute atomic E-state index is 12.8. The fourth-order valence-electron chi connectivity index (χ4n) is 7.49. The monoisotopic (exact) mass is 955 g/mol. The molecule has 2 N–H and O–H groups in total. The van der Waals surface area contributed by atoms with Gasteiger partial charge in [0.2, 0.25) is 0 Å². The van der Waals surface area contributed by atoms with Gasteiger partial charge in [-0.25, -0.2) is 4.57 Å². The van der Waals surface area contributed by atoms with Gasteiger partial charge in [-0.2, -0.15) is 0 Å². The van der Waals surface area contributed by atoms with E-state index < -0.39 is 57.8 Å². The van der Waals surface area contributed by atoms with Crippen LogP contribution in [-0.4, -0.2) is 66.5 Å². The number of aliphatic hydroxyl groups excluding tert-OH is 1. The third-order valence-corrected chi connectivity index (χ3v) is 12.5. The topological polar surface area (TPSA) is 155 Å². The Kier molecular flexibility index (Phi) is 47.4. The minimum Gasteiger partial charge on any atom is -0.462 e. The summed E-state index contributed by atoms with van der Waals surface area (Å²) in [6, 6.07) is 0. The molecule has 0 saturated carbocycles. The highest BCUT2D eigenvalue weighted by Crippen LogP contribution is 2.43. The molecular formula is C54H99O11P. The van der Waals surface area contributed by atoms with E-state index >= 15 is 0 Å². The van der Waals surface area contributed by atoms with E-state index in [2.05, 4.69) is 57.2 Å². The molecule has 0 amide bonds. The average molecular weight is 955 g/mol. The van der Waals surface area contributed by atoms with Crippen molar-refractivity contribution >= 4 is 25.7 Å². The van der Waals surface area contributed by atoms with Crippen LogP contribution in [0.3, 0.4) is 0 Å². The van der Waals surface area contributed by atoms with Crippen LogP contribution in [0.2, 0.25) is 0 Å². The largest absolute Gasteiger partial charge is 0.472 e. The molecule has 0 bridgehead atoms. The summed E-state index contributed by atoms with van der Waals surface area (Å²) in [5.41, 5.74) is 0. The number of hydrogen-bond acceptors (Lipinski definition) is 10. The van der Waals surface area contributed by atoms with Gasteiger partial charge in [-0.15, -0.1) is 0 Å². The minimum atomic E-state index is -4.73. The summed E-state index contributed by atoms with van der Waals surface area (Å²) in [4.78, 5) is 48.3. The van der Waals surface area contributed by atoms with Crippen molar-refractivity contribution in [3.63, 3.8) is 0 Å². The number of carbonyl (C=O) groups excluding carboxylic acids is 3. The molecule has 3 atom stereocenters. The van der Waals surface area contributed by atoms with Crippen molar-refractivity contribution in [1.82, 2.24) is 0 Å². The first-order valence-electron chi connectivity index (χ1n) is 26.9. The quantitative estimate of drug-likeness (QED) is 0.0197. The van der Waals surface area contributed by atoms with Crippen LogP contribution in [0.1, 0.15) is 252 Å². The summed E-state index contributed by atoms with van der Waals surface area (Å²) in [5.74, 6) is -1.46. The molecule has 0 spiro atoms. The zero-order chi connectivity index (χ0) is 48.4. The molecule has 0 aliphatic carbocycles. The van der Waals surface area contributed by atoms with Gasteiger partial charge in [0.15, 0.2) is 6.10 Å². The molecular weight excluding hydrogens is 856 g/mol. The highest BCUT2D eigenvalue weighted by atomic mass is 31.2. The van der Waals surface area contributed by atoms with Crippen LogP contribution in [0.5, 0.6) is 0 Å². The zero-order valence-electron chi connectivity index (χ0n) is 42.4. The Morgan fingerprint density at radius 2 is 0.788 bits per heavy atom. The van der Waals surface area contributed by atoms with Crippen molar-refractivity contribution in [2.24, 2.45) is 0 Å². The van der Waals surface area contributed by atoms with Crippen molar-refractivity contribution in [1.29, 1.82) is 0 Å². The molecule has 11 nitrogen and oxygen atoms in total. The molecule has 3 unspecified atom stereocenters. The predicted octanol–water partition coefficient (Wildman–Crippen LogP) is 15.3. The van der Waals surface area contributed by atoms with E-state index in [9.17, 15) is 28.9 Å². The van der Waals surface area contributed by atoms with E-state index in [1.807, 2.05) is 0 Å². The van der Waals surface area contributed by atoms with Crippen LogP contribution < -0.4 is 0 Å². The maximum atomic E-state index is 12.8. The normalized spacial score (nSPS) is 13.7. The maximum Gasteiger partial charge on any atom is 0.472 e. The van der Waals surface area contributed by atoms with Gasteiger partial charge in [0.05, 0.1) is 19.8 Å². The lowest BCUT2D eigenvalue weighted by Crippen LogP contribution is -2.30. The lowest BCUT2D eigenvalue weighted by Gasteiger charge is -2.21. The second kappa shape index (κ2) is 49.1. The molecule has 0 aliphatic rings. The molecule has 12 heteroatoms. The van der Waals surface area contributed by atoms with E-state index in [0.717, 1.165) is 89.9 Å². The van der Waals surface area contributed by atoms with Gasteiger partial charge in [-0.1, -0.05) is 218 Å². The van der Waals surface area contributed by atoms with Gasteiger partial charge < -0.3 is 24.2 Å². The van der Waals surface area contributed by atoms with E-state index in [0.29, 0.717) is 19.3 Å². The molecule has 386 valence electrons. The Morgan fingerprint density at radius 3 is 1.21 bits per heavy atom. The molecule has 0 aromatic heterocycles. The summed E-state index contributed by atoms with van der Waals surface area (Å²) in [6.07, 6.45) is 48.2. The first-order valence-corrected chi connectivity index (χ1v) is 28.4. The van der Waals surface area contributed by atoms with Crippen molar-refractivity contribution in [2.45, 2.75) is 264 Å². The third kappa shape index (κ3) is 46.8. The molecule has 0 aliphatic heterocycles. The number of aliphatic hydroxyl groups is 1. The number of hydrogen-bond donors (Lipinski definition) is 2. The summed E-state index contributed by atoms with van der Waals surface area (Å²) in [5, 5.41) is 9.76. The van der Waals surface area contributed by atoms with Gasteiger partial charge in [0.25, 0.3) is 0 Å². The standard InChI is InChI=1S/C54H99O11P/c1-4-7-10-13-16-19-22-23-24-25-26-27-30-31-34-37-40-43-52(56)61-47-51(65-54(58)45-42-39-36-33-29-21-18-15-12-9-6-3)49-63-66(59,60)62-48-50(46-55)64-53(57)44-41-38-35-32-28-20-17-14-11-8-5-2/h7,10,16,19,23-24,50-51,55H,4-6,8-9,11-15,17-18,20-22,25-49H2,1-3H3,(H,59,60)/b10-7-,19-16-,24-23-. The Balaban J connectivity index is 4.69. The molecule has 0 rings (SSSR count). The Hall–Kier alpha value is -2.30. The van der Waals surface area contributed by atoms with E-state index in [1.54, 1.807) is 0 Å². The van der Waals surface area contributed by atoms with E-state index in [1.165, 1.54) is 103 Å². The van der Waals surface area contributed by atoms with Crippen LogP contribution in [0.15, 0.2) is 36.5 Å². The fourth-order valence-corrected chi connectivity index (χ4v) is 8.27. The highest BCUT2D eigenvalue weighted by molar-refractivity contribution is 7.47. The summed E-state index contributed by atoms with van der Waals surface area (Å²) < 4.78 is 39.4. The van der Waals surface area contributed by atoms with Crippen LogP contribution >= 0.6 is 7.82 Å². The molecule has 0 fully saturated rings. The fraction of sp³-hybridized carbons (Fsp3) is 0.833. The molecule has 0 aromatic rings. The molecule has 0 radical (unpaired) electrons. The zero-order valence-corrected chi connectivity index (χ0v) is 43.3. The number of esters is 3. The molecule has 0 heterocycles. The van der Waals surface area contributed by atoms with Gasteiger partial charge in [-0.3, -0.25) is 23.4 Å². The van der Waals surface area contributed by atoms with Crippen molar-refractivity contribution < 1.29 is 52.2 Å². The smallest absolute Gasteiger partial charge is 0.462 e. The number of ether oxygens (including phenoxy) is 3. The van der Waals surface area contributed by atoms with Crippen molar-refractivity contribution in [3.05, 3.63) is 36.5 Å². The number of unbranched alkanes of at least 4 members (excludes halogenated alkanes) is 27. The number of phosphoric ester groups is 1. The molecule has 66 heavy (non-hydrogen) atoms. The van der Waals surface area contributed by atoms with Crippen molar-refractivity contribution in [2.75, 3.05) is 26.4 Å². The summed E-state index contributed by atoms with van der Waals surface area (Å²) >= 11 is 0. The van der Waals surface area contributed by atoms with Crippen molar-refractivity contribution in [3.8, 4) is 0 Å². The number of allylic oxidation sites excluding steroid dienone is 6. The summed E-state index contributed by atoms with van der Waals surface area (Å²) in [6.45, 7) is 4.52. The molecule has 0 saturated heterocycles. The van der Waals surface area contributed by atoms with Gasteiger partial charge in [0.1, 0.15) is 12.7 Å². The third-order valence-electron chi connectivity index (χ3n) is 11.6. The second-order valence-corrected chi connectivity index (χ2v) is 19.5. The summed E-state index contributed by atoms with van der Waals surface area (Å²) in [7, 11) is -4.73. The van der Waals surface area contributed by atoms with Crippen LogP contribution in [0, 0.1) is 0 Å². The van der Waals surface area contributed by atoms with Gasteiger partial charge in [-0.05, 0) is 51.4 Å². The number of rotatable bonds is 50. The average Bonchev–Trinajstić information content (AvgIpc) is 3.30. The van der Waals surface area contributed by atoms with Crippen LogP contribution in [-0.2, 0) is 42.2 Å². The predicted molar refractivity (Wildman–Crippen MR) is 270 cm³/mol. The van der Waals surface area contributed by atoms with Gasteiger partial charge >= 0.3 is 25.7 Å².